The number of benzene rings is 1. The van der Waals surface area contributed by atoms with Crippen molar-refractivity contribution in [3.8, 4) is 11.5 Å². The summed E-state index contributed by atoms with van der Waals surface area (Å²) in [5.74, 6) is 1.29. The summed E-state index contributed by atoms with van der Waals surface area (Å²) < 4.78 is 10.6. The van der Waals surface area contributed by atoms with Gasteiger partial charge >= 0.3 is 0 Å². The second-order valence-corrected chi connectivity index (χ2v) is 3.48. The van der Waals surface area contributed by atoms with Gasteiger partial charge in [0.05, 0.1) is 18.7 Å². The summed E-state index contributed by atoms with van der Waals surface area (Å²) in [5, 5.41) is 3.64. The van der Waals surface area contributed by atoms with Crippen molar-refractivity contribution in [2.24, 2.45) is 0 Å². The lowest BCUT2D eigenvalue weighted by Crippen LogP contribution is -2.06. The number of nitrogens with one attached hydrogen (secondary N) is 1. The molecular weight excluding hydrogens is 214 g/mol. The Morgan fingerprint density at radius 2 is 2.13 bits per heavy atom. The maximum atomic E-state index is 6.10. The Morgan fingerprint density at radius 3 is 2.67 bits per heavy atom. The molecule has 0 amide bonds. The molecule has 0 saturated heterocycles. The van der Waals surface area contributed by atoms with E-state index in [4.69, 9.17) is 21.1 Å². The van der Waals surface area contributed by atoms with Crippen LogP contribution >= 0.6 is 11.6 Å². The highest BCUT2D eigenvalue weighted by Gasteiger charge is 2.10. The van der Waals surface area contributed by atoms with Crippen molar-refractivity contribution in [1.82, 2.24) is 5.32 Å². The Hall–Kier alpha value is -0.930. The molecule has 0 fully saturated rings. The smallest absolute Gasteiger partial charge is 0.179 e. The number of rotatable bonds is 5. The standard InChI is InChI=1S/C11H16ClNO2/c1-4-15-11-9(12)5-8(7-13-2)6-10(11)14-3/h5-6,13H,4,7H2,1-3H3. The minimum atomic E-state index is 0.571. The SMILES string of the molecule is CCOc1c(Cl)cc(CNC)cc1OC. The van der Waals surface area contributed by atoms with Gasteiger partial charge in [0.1, 0.15) is 0 Å². The van der Waals surface area contributed by atoms with Gasteiger partial charge in [-0.05, 0) is 31.7 Å². The molecule has 0 heterocycles. The first-order chi connectivity index (χ1) is 7.22. The quantitative estimate of drug-likeness (QED) is 0.842. The molecule has 0 aliphatic rings. The van der Waals surface area contributed by atoms with Crippen LogP contribution in [0.4, 0.5) is 0 Å². The average Bonchev–Trinajstić information content (AvgIpc) is 2.22. The Bertz CT molecular complexity index is 329. The van der Waals surface area contributed by atoms with E-state index in [2.05, 4.69) is 5.32 Å². The zero-order chi connectivity index (χ0) is 11.3. The molecule has 1 aromatic carbocycles. The third-order valence-electron chi connectivity index (χ3n) is 1.96. The van der Waals surface area contributed by atoms with Crippen LogP contribution in [0.2, 0.25) is 5.02 Å². The minimum absolute atomic E-state index is 0.571. The van der Waals surface area contributed by atoms with Crippen LogP contribution in [-0.2, 0) is 6.54 Å². The van der Waals surface area contributed by atoms with E-state index < -0.39 is 0 Å². The fraction of sp³-hybridized carbons (Fsp3) is 0.455. The topological polar surface area (TPSA) is 30.5 Å². The third kappa shape index (κ3) is 3.01. The average molecular weight is 230 g/mol. The Kier molecular flexibility index (Phi) is 4.72. The van der Waals surface area contributed by atoms with Crippen molar-refractivity contribution < 1.29 is 9.47 Å². The molecule has 0 spiro atoms. The second-order valence-electron chi connectivity index (χ2n) is 3.07. The highest BCUT2D eigenvalue weighted by Crippen LogP contribution is 2.36. The maximum absolute atomic E-state index is 6.10. The predicted molar refractivity (Wildman–Crippen MR) is 61.9 cm³/mol. The number of hydrogen-bond acceptors (Lipinski definition) is 3. The van der Waals surface area contributed by atoms with Crippen molar-refractivity contribution in [2.45, 2.75) is 13.5 Å². The molecule has 0 bridgehead atoms. The summed E-state index contributed by atoms with van der Waals surface area (Å²) in [6, 6.07) is 3.80. The van der Waals surface area contributed by atoms with Gasteiger partial charge in [-0.2, -0.15) is 0 Å². The summed E-state index contributed by atoms with van der Waals surface area (Å²) in [6.45, 7) is 3.24. The fourth-order valence-electron chi connectivity index (χ4n) is 1.36. The van der Waals surface area contributed by atoms with Crippen LogP contribution in [0.15, 0.2) is 12.1 Å². The molecule has 0 aromatic heterocycles. The van der Waals surface area contributed by atoms with E-state index in [-0.39, 0.29) is 0 Å². The van der Waals surface area contributed by atoms with Crippen molar-refractivity contribution in [3.63, 3.8) is 0 Å². The molecule has 0 unspecified atom stereocenters. The molecule has 1 aromatic rings. The van der Waals surface area contributed by atoms with E-state index in [0.717, 1.165) is 12.1 Å². The molecule has 0 aliphatic heterocycles. The molecule has 0 radical (unpaired) electrons. The van der Waals surface area contributed by atoms with Gasteiger partial charge in [0.2, 0.25) is 0 Å². The lowest BCUT2D eigenvalue weighted by molar-refractivity contribution is 0.311. The van der Waals surface area contributed by atoms with Gasteiger partial charge in [-0.3, -0.25) is 0 Å². The summed E-state index contributed by atoms with van der Waals surface area (Å²) >= 11 is 6.10. The molecule has 0 saturated carbocycles. The fourth-order valence-corrected chi connectivity index (χ4v) is 1.65. The lowest BCUT2D eigenvalue weighted by atomic mass is 10.2. The minimum Gasteiger partial charge on any atom is -0.493 e. The van der Waals surface area contributed by atoms with Crippen molar-refractivity contribution in [2.75, 3.05) is 20.8 Å². The highest BCUT2D eigenvalue weighted by atomic mass is 35.5. The van der Waals surface area contributed by atoms with Gasteiger partial charge in [0.15, 0.2) is 11.5 Å². The number of methoxy groups -OCH3 is 1. The molecule has 1 rings (SSSR count). The van der Waals surface area contributed by atoms with E-state index in [1.165, 1.54) is 0 Å². The van der Waals surface area contributed by atoms with Crippen LogP contribution in [0, 0.1) is 0 Å². The first kappa shape index (κ1) is 12.1. The first-order valence-corrected chi connectivity index (χ1v) is 5.24. The van der Waals surface area contributed by atoms with E-state index >= 15 is 0 Å². The maximum Gasteiger partial charge on any atom is 0.179 e. The van der Waals surface area contributed by atoms with E-state index in [9.17, 15) is 0 Å². The Morgan fingerprint density at radius 1 is 1.40 bits per heavy atom. The molecular formula is C11H16ClNO2. The third-order valence-corrected chi connectivity index (χ3v) is 2.24. The molecule has 3 nitrogen and oxygen atoms in total. The lowest BCUT2D eigenvalue weighted by Gasteiger charge is -2.12. The summed E-state index contributed by atoms with van der Waals surface area (Å²) in [5.41, 5.74) is 1.07. The predicted octanol–water partition coefficient (Wildman–Crippen LogP) is 2.47. The number of hydrogen-bond donors (Lipinski definition) is 1. The second kappa shape index (κ2) is 5.83. The summed E-state index contributed by atoms with van der Waals surface area (Å²) in [4.78, 5) is 0. The number of ether oxygens (including phenoxy) is 2. The first-order valence-electron chi connectivity index (χ1n) is 4.86. The molecule has 15 heavy (non-hydrogen) atoms. The van der Waals surface area contributed by atoms with Crippen LogP contribution in [0.5, 0.6) is 11.5 Å². The van der Waals surface area contributed by atoms with Gasteiger partial charge in [-0.1, -0.05) is 11.6 Å². The van der Waals surface area contributed by atoms with Gasteiger partial charge in [-0.25, -0.2) is 0 Å². The van der Waals surface area contributed by atoms with Gasteiger partial charge in [-0.15, -0.1) is 0 Å². The van der Waals surface area contributed by atoms with Crippen LogP contribution in [0.25, 0.3) is 0 Å². The molecule has 0 atom stereocenters. The van der Waals surface area contributed by atoms with Gasteiger partial charge in [0.25, 0.3) is 0 Å². The zero-order valence-electron chi connectivity index (χ0n) is 9.26. The van der Waals surface area contributed by atoms with Gasteiger partial charge < -0.3 is 14.8 Å². The molecule has 1 N–H and O–H groups in total. The van der Waals surface area contributed by atoms with E-state index in [1.54, 1.807) is 7.11 Å². The van der Waals surface area contributed by atoms with Crippen molar-refractivity contribution in [1.29, 1.82) is 0 Å². The summed E-state index contributed by atoms with van der Waals surface area (Å²) in [6.07, 6.45) is 0. The van der Waals surface area contributed by atoms with Gasteiger partial charge in [0, 0.05) is 6.54 Å². The van der Waals surface area contributed by atoms with E-state index in [1.807, 2.05) is 26.1 Å². The largest absolute Gasteiger partial charge is 0.493 e. The molecule has 0 aliphatic carbocycles. The van der Waals surface area contributed by atoms with E-state index in [0.29, 0.717) is 23.1 Å². The Labute approximate surface area is 95.3 Å². The Balaban J connectivity index is 3.06. The summed E-state index contributed by atoms with van der Waals surface area (Å²) in [7, 11) is 3.49. The highest BCUT2D eigenvalue weighted by molar-refractivity contribution is 6.32. The van der Waals surface area contributed by atoms with Crippen LogP contribution in [-0.4, -0.2) is 20.8 Å². The van der Waals surface area contributed by atoms with Crippen LogP contribution in [0.1, 0.15) is 12.5 Å². The zero-order valence-corrected chi connectivity index (χ0v) is 10.0. The molecule has 84 valence electrons. The van der Waals surface area contributed by atoms with Crippen LogP contribution in [0.3, 0.4) is 0 Å². The van der Waals surface area contributed by atoms with Crippen molar-refractivity contribution >= 4 is 11.6 Å². The van der Waals surface area contributed by atoms with Crippen molar-refractivity contribution in [3.05, 3.63) is 22.7 Å². The normalized spacial score (nSPS) is 10.1. The van der Waals surface area contributed by atoms with Crippen LogP contribution < -0.4 is 14.8 Å². The number of halogens is 1. The molecule has 4 heteroatoms. The monoisotopic (exact) mass is 229 g/mol.